The van der Waals surface area contributed by atoms with E-state index in [2.05, 4.69) is 5.32 Å². The van der Waals surface area contributed by atoms with Crippen molar-refractivity contribution in [3.8, 4) is 0 Å². The number of thiophene rings is 1. The highest BCUT2D eigenvalue weighted by Crippen LogP contribution is 2.26. The molecule has 0 aromatic carbocycles. The van der Waals surface area contributed by atoms with E-state index in [0.29, 0.717) is 10.7 Å². The van der Waals surface area contributed by atoms with Crippen molar-refractivity contribution >= 4 is 34.7 Å². The van der Waals surface area contributed by atoms with Crippen LogP contribution in [-0.2, 0) is 4.74 Å². The topological polar surface area (TPSA) is 38.3 Å². The molecule has 0 fully saturated rings. The van der Waals surface area contributed by atoms with Gasteiger partial charge in [-0.05, 0) is 20.8 Å². The maximum Gasteiger partial charge on any atom is 0.412 e. The second kappa shape index (κ2) is 4.19. The summed E-state index contributed by atoms with van der Waals surface area (Å²) in [6.07, 6.45) is -0.488. The van der Waals surface area contributed by atoms with Crippen LogP contribution >= 0.6 is 22.9 Å². The Balaban J connectivity index is 2.54. The number of rotatable bonds is 1. The van der Waals surface area contributed by atoms with Gasteiger partial charge in [-0.3, -0.25) is 5.32 Å². The molecule has 78 valence electrons. The Morgan fingerprint density at radius 1 is 1.50 bits per heavy atom. The molecule has 5 heteroatoms. The van der Waals surface area contributed by atoms with Gasteiger partial charge in [0.25, 0.3) is 0 Å². The molecule has 0 atom stereocenters. The van der Waals surface area contributed by atoms with E-state index < -0.39 is 11.7 Å². The summed E-state index contributed by atoms with van der Waals surface area (Å²) in [7, 11) is 0. The van der Waals surface area contributed by atoms with Crippen LogP contribution in [0.4, 0.5) is 10.5 Å². The van der Waals surface area contributed by atoms with Gasteiger partial charge in [-0.15, -0.1) is 11.3 Å². The molecule has 0 aliphatic rings. The van der Waals surface area contributed by atoms with Crippen molar-refractivity contribution in [1.82, 2.24) is 0 Å². The Bertz CT molecular complexity index is 330. The van der Waals surface area contributed by atoms with Crippen molar-refractivity contribution in [2.24, 2.45) is 0 Å². The number of halogens is 1. The zero-order valence-electron chi connectivity index (χ0n) is 8.26. The maximum atomic E-state index is 11.3. The van der Waals surface area contributed by atoms with E-state index in [0.717, 1.165) is 0 Å². The third-order valence-electron chi connectivity index (χ3n) is 1.25. The van der Waals surface area contributed by atoms with Crippen LogP contribution in [0, 0.1) is 0 Å². The zero-order chi connectivity index (χ0) is 10.8. The van der Waals surface area contributed by atoms with Crippen LogP contribution in [0.25, 0.3) is 0 Å². The van der Waals surface area contributed by atoms with E-state index in [1.54, 1.807) is 10.8 Å². The number of ether oxygens (including phenoxy) is 1. The summed E-state index contributed by atoms with van der Waals surface area (Å²) in [6.45, 7) is 5.42. The van der Waals surface area contributed by atoms with E-state index in [1.165, 1.54) is 11.3 Å². The molecule has 0 aliphatic heterocycles. The standard InChI is InChI=1S/C9H12ClNO2S/c1-9(2,3)13-8(12)11-7-5-14-4-6(7)10/h4-5H,1-3H3,(H,11,12). The molecular formula is C9H12ClNO2S. The smallest absolute Gasteiger partial charge is 0.412 e. The highest BCUT2D eigenvalue weighted by Gasteiger charge is 2.16. The van der Waals surface area contributed by atoms with Crippen LogP contribution < -0.4 is 5.32 Å². The van der Waals surface area contributed by atoms with Crippen molar-refractivity contribution in [2.45, 2.75) is 26.4 Å². The van der Waals surface area contributed by atoms with E-state index in [-0.39, 0.29) is 0 Å². The summed E-state index contributed by atoms with van der Waals surface area (Å²) in [4.78, 5) is 11.3. The lowest BCUT2D eigenvalue weighted by molar-refractivity contribution is 0.0636. The third-order valence-corrected chi connectivity index (χ3v) is 2.44. The fraction of sp³-hybridized carbons (Fsp3) is 0.444. The van der Waals surface area contributed by atoms with Gasteiger partial charge in [0.15, 0.2) is 0 Å². The average molecular weight is 234 g/mol. The van der Waals surface area contributed by atoms with Gasteiger partial charge in [0.05, 0.1) is 10.7 Å². The number of carbonyl (C=O) groups excluding carboxylic acids is 1. The molecule has 1 heterocycles. The monoisotopic (exact) mass is 233 g/mol. The number of carbonyl (C=O) groups is 1. The largest absolute Gasteiger partial charge is 0.444 e. The fourth-order valence-corrected chi connectivity index (χ4v) is 1.74. The lowest BCUT2D eigenvalue weighted by atomic mass is 10.2. The number of amides is 1. The summed E-state index contributed by atoms with van der Waals surface area (Å²) in [5.74, 6) is 0. The normalized spacial score (nSPS) is 11.1. The van der Waals surface area contributed by atoms with Crippen LogP contribution in [0.3, 0.4) is 0 Å². The maximum absolute atomic E-state index is 11.3. The first-order chi connectivity index (χ1) is 6.38. The van der Waals surface area contributed by atoms with Crippen molar-refractivity contribution in [1.29, 1.82) is 0 Å². The number of hydrogen-bond acceptors (Lipinski definition) is 3. The van der Waals surface area contributed by atoms with E-state index in [9.17, 15) is 4.79 Å². The minimum Gasteiger partial charge on any atom is -0.444 e. The number of anilines is 1. The van der Waals surface area contributed by atoms with Crippen molar-refractivity contribution < 1.29 is 9.53 Å². The molecule has 14 heavy (non-hydrogen) atoms. The summed E-state index contributed by atoms with van der Waals surface area (Å²) in [5.41, 5.74) is 0.0953. The first kappa shape index (κ1) is 11.3. The molecule has 1 rings (SSSR count). The predicted molar refractivity (Wildman–Crippen MR) is 59.2 cm³/mol. The van der Waals surface area contributed by atoms with Crippen LogP contribution in [0.15, 0.2) is 10.8 Å². The van der Waals surface area contributed by atoms with Crippen molar-refractivity contribution in [3.63, 3.8) is 0 Å². The van der Waals surface area contributed by atoms with Crippen molar-refractivity contribution in [2.75, 3.05) is 5.32 Å². The Morgan fingerprint density at radius 2 is 2.14 bits per heavy atom. The lowest BCUT2D eigenvalue weighted by Gasteiger charge is -2.19. The van der Waals surface area contributed by atoms with Gasteiger partial charge < -0.3 is 4.74 Å². The molecule has 0 unspecified atom stereocenters. The molecule has 3 nitrogen and oxygen atoms in total. The number of nitrogens with one attached hydrogen (secondary N) is 1. The Kier molecular flexibility index (Phi) is 3.39. The highest BCUT2D eigenvalue weighted by atomic mass is 35.5. The number of hydrogen-bond donors (Lipinski definition) is 1. The molecule has 1 aromatic rings. The van der Waals surface area contributed by atoms with Crippen molar-refractivity contribution in [3.05, 3.63) is 15.8 Å². The second-order valence-electron chi connectivity index (χ2n) is 3.76. The molecule has 0 saturated carbocycles. The molecule has 0 bridgehead atoms. The summed E-state index contributed by atoms with van der Waals surface area (Å²) in [5, 5.41) is 6.59. The van der Waals surface area contributed by atoms with E-state index in [1.807, 2.05) is 20.8 Å². The molecule has 0 radical (unpaired) electrons. The average Bonchev–Trinajstić information content (AvgIpc) is 2.32. The van der Waals surface area contributed by atoms with Crippen LogP contribution in [0.5, 0.6) is 0 Å². The van der Waals surface area contributed by atoms with Gasteiger partial charge in [-0.1, -0.05) is 11.6 Å². The van der Waals surface area contributed by atoms with E-state index in [4.69, 9.17) is 16.3 Å². The van der Waals surface area contributed by atoms with Gasteiger partial charge in [0, 0.05) is 10.8 Å². The van der Waals surface area contributed by atoms with Crippen LogP contribution in [-0.4, -0.2) is 11.7 Å². The van der Waals surface area contributed by atoms with Crippen LogP contribution in [0.1, 0.15) is 20.8 Å². The van der Waals surface area contributed by atoms with Crippen LogP contribution in [0.2, 0.25) is 5.02 Å². The Hall–Kier alpha value is -0.740. The molecule has 0 aliphatic carbocycles. The minimum atomic E-state index is -0.493. The summed E-state index contributed by atoms with van der Waals surface area (Å²) in [6, 6.07) is 0. The molecular weight excluding hydrogens is 222 g/mol. The Morgan fingerprint density at radius 3 is 2.57 bits per heavy atom. The summed E-state index contributed by atoms with van der Waals surface area (Å²) < 4.78 is 5.06. The quantitative estimate of drug-likeness (QED) is 0.802. The SMILES string of the molecule is CC(C)(C)OC(=O)Nc1cscc1Cl. The minimum absolute atomic E-state index is 0.488. The van der Waals surface area contributed by atoms with Gasteiger partial charge in [0.2, 0.25) is 0 Å². The third kappa shape index (κ3) is 3.55. The van der Waals surface area contributed by atoms with Gasteiger partial charge >= 0.3 is 6.09 Å². The molecule has 0 spiro atoms. The molecule has 1 aromatic heterocycles. The van der Waals surface area contributed by atoms with Gasteiger partial charge in [0.1, 0.15) is 5.60 Å². The summed E-state index contributed by atoms with van der Waals surface area (Å²) >= 11 is 7.22. The molecule has 1 N–H and O–H groups in total. The van der Waals surface area contributed by atoms with Gasteiger partial charge in [-0.25, -0.2) is 4.79 Å². The van der Waals surface area contributed by atoms with Gasteiger partial charge in [-0.2, -0.15) is 0 Å². The molecule has 1 amide bonds. The fourth-order valence-electron chi connectivity index (χ4n) is 0.784. The zero-order valence-corrected chi connectivity index (χ0v) is 9.83. The second-order valence-corrected chi connectivity index (χ2v) is 4.91. The first-order valence-electron chi connectivity index (χ1n) is 4.10. The Labute approximate surface area is 92.0 Å². The molecule has 0 saturated heterocycles. The predicted octanol–water partition coefficient (Wildman–Crippen LogP) is 3.75. The highest BCUT2D eigenvalue weighted by molar-refractivity contribution is 7.09. The first-order valence-corrected chi connectivity index (χ1v) is 5.42. The van der Waals surface area contributed by atoms with E-state index >= 15 is 0 Å². The lowest BCUT2D eigenvalue weighted by Crippen LogP contribution is -2.27.